The van der Waals surface area contributed by atoms with Crippen LogP contribution in [-0.2, 0) is 4.74 Å². The molecule has 3 rings (SSSR count). The van der Waals surface area contributed by atoms with Gasteiger partial charge in [0, 0.05) is 18.6 Å². The van der Waals surface area contributed by atoms with Crippen LogP contribution in [0.5, 0.6) is 0 Å². The molecule has 0 aromatic rings. The van der Waals surface area contributed by atoms with Gasteiger partial charge in [0.2, 0.25) is 0 Å². The van der Waals surface area contributed by atoms with Crippen molar-refractivity contribution in [2.24, 2.45) is 5.92 Å². The Labute approximate surface area is 95.8 Å². The van der Waals surface area contributed by atoms with Gasteiger partial charge in [0.1, 0.15) is 0 Å². The molecule has 0 radical (unpaired) electrons. The highest BCUT2D eigenvalue weighted by molar-refractivity contribution is 5.66. The van der Waals surface area contributed by atoms with Crippen LogP contribution in [0.1, 0.15) is 19.8 Å². The summed E-state index contributed by atoms with van der Waals surface area (Å²) in [7, 11) is 3.43. The third kappa shape index (κ3) is 1.78. The van der Waals surface area contributed by atoms with Crippen LogP contribution in [-0.4, -0.2) is 54.5 Å². The van der Waals surface area contributed by atoms with Crippen molar-refractivity contribution in [3.8, 4) is 0 Å². The summed E-state index contributed by atoms with van der Waals surface area (Å²) >= 11 is 0. The predicted molar refractivity (Wildman–Crippen MR) is 59.1 cm³/mol. The molecule has 2 N–H and O–H groups in total. The number of amides is 1. The Bertz CT molecular complexity index is 271. The highest BCUT2D eigenvalue weighted by Gasteiger charge is 2.54. The van der Waals surface area contributed by atoms with E-state index in [-0.39, 0.29) is 6.54 Å². The molecule has 3 fully saturated rings. The number of methoxy groups -OCH3 is 1. The molecule has 5 heteroatoms. The molecule has 2 unspecified atom stereocenters. The van der Waals surface area contributed by atoms with Gasteiger partial charge in [0.05, 0.1) is 12.7 Å². The van der Waals surface area contributed by atoms with Crippen molar-refractivity contribution in [2.45, 2.75) is 37.5 Å². The maximum Gasteiger partial charge on any atom is 0.406 e. The average molecular weight is 228 g/mol. The molecule has 2 atom stereocenters. The first-order valence-corrected chi connectivity index (χ1v) is 5.73. The summed E-state index contributed by atoms with van der Waals surface area (Å²) in [6.07, 6.45) is 0.977. The number of alkyl carbamates (subject to hydrolysis) is 1. The summed E-state index contributed by atoms with van der Waals surface area (Å²) in [5, 5.41) is 12.9. The van der Waals surface area contributed by atoms with E-state index in [1.165, 1.54) is 7.11 Å². The van der Waals surface area contributed by atoms with E-state index < -0.39 is 11.7 Å². The first-order valence-electron chi connectivity index (χ1n) is 5.73. The summed E-state index contributed by atoms with van der Waals surface area (Å²) in [5.74, 6) is 0.656. The van der Waals surface area contributed by atoms with Crippen molar-refractivity contribution in [1.82, 2.24) is 10.2 Å². The van der Waals surface area contributed by atoms with Gasteiger partial charge in [-0.25, -0.2) is 4.79 Å². The second-order valence-electron chi connectivity index (χ2n) is 5.14. The lowest BCUT2D eigenvalue weighted by molar-refractivity contribution is -0.156. The summed E-state index contributed by atoms with van der Waals surface area (Å²) in [5.41, 5.74) is -0.761. The van der Waals surface area contributed by atoms with E-state index in [4.69, 9.17) is 0 Å². The van der Waals surface area contributed by atoms with Crippen LogP contribution in [0, 0.1) is 5.92 Å². The maximum atomic E-state index is 11.0. The molecule has 3 aliphatic rings. The van der Waals surface area contributed by atoms with E-state index >= 15 is 0 Å². The minimum Gasteiger partial charge on any atom is -0.453 e. The van der Waals surface area contributed by atoms with Crippen molar-refractivity contribution < 1.29 is 14.6 Å². The van der Waals surface area contributed by atoms with E-state index in [0.29, 0.717) is 18.0 Å². The number of carbonyl (C=O) groups excluding carboxylic acids is 1. The van der Waals surface area contributed by atoms with Crippen LogP contribution in [0.25, 0.3) is 0 Å². The summed E-state index contributed by atoms with van der Waals surface area (Å²) in [6, 6.07) is 0.895. The Morgan fingerprint density at radius 1 is 1.56 bits per heavy atom. The van der Waals surface area contributed by atoms with Gasteiger partial charge in [-0.3, -0.25) is 4.90 Å². The Balaban J connectivity index is 1.89. The molecule has 92 valence electrons. The van der Waals surface area contributed by atoms with Crippen molar-refractivity contribution >= 4 is 6.09 Å². The lowest BCUT2D eigenvalue weighted by Gasteiger charge is -2.61. The highest BCUT2D eigenvalue weighted by atomic mass is 16.5. The van der Waals surface area contributed by atoms with Crippen molar-refractivity contribution in [1.29, 1.82) is 0 Å². The smallest absolute Gasteiger partial charge is 0.406 e. The van der Waals surface area contributed by atoms with E-state index in [2.05, 4.69) is 28.9 Å². The quantitative estimate of drug-likeness (QED) is 0.708. The normalized spacial score (nSPS) is 42.4. The molecule has 1 amide bonds. The topological polar surface area (TPSA) is 61.8 Å². The molecular weight excluding hydrogens is 208 g/mol. The Hall–Kier alpha value is -0.810. The number of aliphatic hydroxyl groups is 1. The molecule has 0 aromatic heterocycles. The fraction of sp³-hybridized carbons (Fsp3) is 0.909. The molecule has 1 saturated carbocycles. The third-order valence-electron chi connectivity index (χ3n) is 4.19. The number of piperidine rings is 1. The summed E-state index contributed by atoms with van der Waals surface area (Å²) < 4.78 is 4.49. The van der Waals surface area contributed by atoms with Gasteiger partial charge in [-0.2, -0.15) is 0 Å². The van der Waals surface area contributed by atoms with E-state index in [0.717, 1.165) is 12.8 Å². The molecule has 1 aliphatic carbocycles. The minimum atomic E-state index is -0.761. The standard InChI is InChI=1S/C11H20N2O3/c1-7-8-4-11(15,5-9(7)13(8)2)6-12-10(14)16-3/h7-9,15H,4-6H2,1-3H3,(H,12,14)/t7-,8?,9?,11-. The number of nitrogens with zero attached hydrogens (tertiary/aromatic N) is 1. The first kappa shape index (κ1) is 11.7. The number of nitrogens with one attached hydrogen (secondary N) is 1. The highest BCUT2D eigenvalue weighted by Crippen LogP contribution is 2.45. The third-order valence-corrected chi connectivity index (χ3v) is 4.19. The van der Waals surface area contributed by atoms with Crippen molar-refractivity contribution in [2.75, 3.05) is 20.7 Å². The number of hydrogen-bond donors (Lipinski definition) is 2. The number of hydrogen-bond acceptors (Lipinski definition) is 4. The molecule has 2 bridgehead atoms. The fourth-order valence-electron chi connectivity index (χ4n) is 3.12. The first-order chi connectivity index (χ1) is 7.47. The van der Waals surface area contributed by atoms with Crippen LogP contribution in [0.4, 0.5) is 4.79 Å². The van der Waals surface area contributed by atoms with E-state index in [1.807, 2.05) is 0 Å². The number of carbonyl (C=O) groups is 1. The zero-order chi connectivity index (χ0) is 11.9. The van der Waals surface area contributed by atoms with Crippen LogP contribution in [0.3, 0.4) is 0 Å². The average Bonchev–Trinajstić information content (AvgIpc) is 2.30. The summed E-state index contributed by atoms with van der Waals surface area (Å²) in [4.78, 5) is 13.3. The SMILES string of the molecule is COC(=O)NC[C@]1(O)CC2[C@H](C)C(C1)N2C. The Morgan fingerprint density at radius 2 is 2.12 bits per heavy atom. The second-order valence-corrected chi connectivity index (χ2v) is 5.14. The van der Waals surface area contributed by atoms with Gasteiger partial charge in [0.15, 0.2) is 0 Å². The van der Waals surface area contributed by atoms with Crippen LogP contribution >= 0.6 is 0 Å². The molecule has 2 heterocycles. The molecule has 16 heavy (non-hydrogen) atoms. The predicted octanol–water partition coefficient (Wildman–Crippen LogP) is 0.186. The lowest BCUT2D eigenvalue weighted by atomic mass is 9.65. The van der Waals surface area contributed by atoms with Gasteiger partial charge in [0.25, 0.3) is 0 Å². The molecular formula is C11H20N2O3. The maximum absolute atomic E-state index is 11.0. The fourth-order valence-corrected chi connectivity index (χ4v) is 3.12. The van der Waals surface area contributed by atoms with Crippen LogP contribution in [0.15, 0.2) is 0 Å². The zero-order valence-electron chi connectivity index (χ0n) is 10.1. The zero-order valence-corrected chi connectivity index (χ0v) is 10.1. The van der Waals surface area contributed by atoms with E-state index in [1.54, 1.807) is 0 Å². The van der Waals surface area contributed by atoms with Crippen LogP contribution in [0.2, 0.25) is 0 Å². The van der Waals surface area contributed by atoms with Gasteiger partial charge < -0.3 is 15.2 Å². The second kappa shape index (κ2) is 3.89. The van der Waals surface area contributed by atoms with Crippen molar-refractivity contribution in [3.05, 3.63) is 0 Å². The summed E-state index contributed by atoms with van der Waals surface area (Å²) in [6.45, 7) is 2.51. The lowest BCUT2D eigenvalue weighted by Crippen LogP contribution is -2.70. The van der Waals surface area contributed by atoms with Gasteiger partial charge in [-0.15, -0.1) is 0 Å². The van der Waals surface area contributed by atoms with E-state index in [9.17, 15) is 9.90 Å². The Morgan fingerprint density at radius 3 is 2.56 bits per heavy atom. The Kier molecular flexibility index (Phi) is 2.84. The number of ether oxygens (including phenoxy) is 1. The molecule has 2 aliphatic heterocycles. The molecule has 0 spiro atoms. The number of fused-ring (bicyclic) bond motifs is 2. The van der Waals surface area contributed by atoms with Crippen LogP contribution < -0.4 is 5.32 Å². The van der Waals surface area contributed by atoms with Crippen molar-refractivity contribution in [3.63, 3.8) is 0 Å². The molecule has 0 aromatic carbocycles. The molecule has 2 saturated heterocycles. The largest absolute Gasteiger partial charge is 0.453 e. The minimum absolute atomic E-state index is 0.285. The van der Waals surface area contributed by atoms with Gasteiger partial charge in [-0.05, 0) is 25.8 Å². The monoisotopic (exact) mass is 228 g/mol. The number of rotatable bonds is 2. The van der Waals surface area contributed by atoms with Gasteiger partial charge in [-0.1, -0.05) is 6.92 Å². The molecule has 5 nitrogen and oxygen atoms in total. The van der Waals surface area contributed by atoms with Gasteiger partial charge >= 0.3 is 6.09 Å².